The van der Waals surface area contributed by atoms with E-state index in [1.165, 1.54) is 0 Å². The van der Waals surface area contributed by atoms with Crippen LogP contribution < -0.4 is 0 Å². The predicted molar refractivity (Wildman–Crippen MR) is 76.2 cm³/mol. The van der Waals surface area contributed by atoms with E-state index in [0.29, 0.717) is 0 Å². The molecule has 2 aromatic carbocycles. The van der Waals surface area contributed by atoms with E-state index in [4.69, 9.17) is 16.3 Å². The number of alkyl halides is 1. The lowest BCUT2D eigenvalue weighted by Crippen LogP contribution is -2.35. The van der Waals surface area contributed by atoms with Crippen molar-refractivity contribution in [3.8, 4) is 0 Å². The van der Waals surface area contributed by atoms with Gasteiger partial charge in [-0.25, -0.2) is 0 Å². The van der Waals surface area contributed by atoms with Gasteiger partial charge in [-0.15, -0.1) is 0 Å². The summed E-state index contributed by atoms with van der Waals surface area (Å²) in [4.78, 5) is 12.4. The Morgan fingerprint density at radius 2 is 1.42 bits per heavy atom. The van der Waals surface area contributed by atoms with Gasteiger partial charge in [0.05, 0.1) is 0 Å². The van der Waals surface area contributed by atoms with Crippen molar-refractivity contribution in [1.29, 1.82) is 0 Å². The van der Waals surface area contributed by atoms with Gasteiger partial charge in [0.1, 0.15) is 5.41 Å². The molecule has 0 unspecified atom stereocenters. The zero-order chi connectivity index (χ0) is 13.7. The Bertz CT molecular complexity index is 498. The first-order valence-corrected chi connectivity index (χ1v) is 6.57. The van der Waals surface area contributed by atoms with Crippen molar-refractivity contribution in [2.75, 3.05) is 6.07 Å². The summed E-state index contributed by atoms with van der Waals surface area (Å²) in [5, 5.41) is 0. The maximum Gasteiger partial charge on any atom is 0.321 e. The third-order valence-electron chi connectivity index (χ3n) is 3.30. The Morgan fingerprint density at radius 3 is 1.79 bits per heavy atom. The molecule has 0 radical (unpaired) electrons. The van der Waals surface area contributed by atoms with E-state index < -0.39 is 5.41 Å². The first-order chi connectivity index (χ1) is 9.19. The second-order valence-electron chi connectivity index (χ2n) is 4.40. The largest absolute Gasteiger partial charge is 0.448 e. The summed E-state index contributed by atoms with van der Waals surface area (Å²) < 4.78 is 5.04. The molecular formula is C16H15ClO2. The molecule has 98 valence electrons. The summed E-state index contributed by atoms with van der Waals surface area (Å²) >= 11 is 5.53. The van der Waals surface area contributed by atoms with Crippen molar-refractivity contribution >= 4 is 17.6 Å². The molecule has 0 fully saturated rings. The van der Waals surface area contributed by atoms with Crippen molar-refractivity contribution in [1.82, 2.24) is 0 Å². The fourth-order valence-electron chi connectivity index (χ4n) is 2.14. The lowest BCUT2D eigenvalue weighted by Gasteiger charge is -2.28. The standard InChI is InChI=1S/C16H15ClO2/c1-16(15(18)19-12-17,13-8-4-2-5-9-13)14-10-6-3-7-11-14/h2-11H,12H2,1H3. The minimum atomic E-state index is -0.850. The van der Waals surface area contributed by atoms with Crippen LogP contribution in [0.4, 0.5) is 0 Å². The summed E-state index contributed by atoms with van der Waals surface area (Å²) in [6.07, 6.45) is 0. The molecule has 0 spiro atoms. The van der Waals surface area contributed by atoms with Gasteiger partial charge in [-0.05, 0) is 18.1 Å². The molecule has 0 aliphatic heterocycles. The van der Waals surface area contributed by atoms with Crippen LogP contribution in [-0.4, -0.2) is 12.0 Å². The van der Waals surface area contributed by atoms with E-state index >= 15 is 0 Å². The number of hydrogen-bond donors (Lipinski definition) is 0. The maximum atomic E-state index is 12.4. The molecule has 2 aromatic rings. The molecule has 3 heteroatoms. The Balaban J connectivity index is 2.54. The molecule has 0 saturated carbocycles. The average molecular weight is 275 g/mol. The molecule has 0 saturated heterocycles. The molecule has 2 nitrogen and oxygen atoms in total. The van der Waals surface area contributed by atoms with E-state index in [0.717, 1.165) is 11.1 Å². The summed E-state index contributed by atoms with van der Waals surface area (Å²) in [5.41, 5.74) is 0.921. The Labute approximate surface area is 118 Å². The van der Waals surface area contributed by atoms with E-state index in [2.05, 4.69) is 0 Å². The van der Waals surface area contributed by atoms with Crippen molar-refractivity contribution in [2.24, 2.45) is 0 Å². The topological polar surface area (TPSA) is 26.3 Å². The molecule has 0 aliphatic carbocycles. The van der Waals surface area contributed by atoms with Crippen LogP contribution >= 0.6 is 11.6 Å². The number of carbonyl (C=O) groups excluding carboxylic acids is 1. The van der Waals surface area contributed by atoms with Gasteiger partial charge in [0.25, 0.3) is 0 Å². The first kappa shape index (κ1) is 13.6. The Kier molecular flexibility index (Phi) is 4.23. The lowest BCUT2D eigenvalue weighted by molar-refractivity contribution is -0.146. The summed E-state index contributed by atoms with van der Waals surface area (Å²) in [6, 6.07) is 19.0. The van der Waals surface area contributed by atoms with E-state index in [9.17, 15) is 4.79 Å². The fraction of sp³-hybridized carbons (Fsp3) is 0.188. The van der Waals surface area contributed by atoms with Crippen LogP contribution in [0.2, 0.25) is 0 Å². The number of rotatable bonds is 4. The number of esters is 1. The Morgan fingerprint density at radius 1 is 1.00 bits per heavy atom. The van der Waals surface area contributed by atoms with Crippen molar-refractivity contribution in [2.45, 2.75) is 12.3 Å². The summed E-state index contributed by atoms with van der Waals surface area (Å²) in [7, 11) is 0. The molecule has 2 rings (SSSR count). The molecule has 0 amide bonds. The molecule has 0 N–H and O–H groups in total. The van der Waals surface area contributed by atoms with Crippen LogP contribution in [0.5, 0.6) is 0 Å². The predicted octanol–water partition coefficient (Wildman–Crippen LogP) is 3.73. The van der Waals surface area contributed by atoms with Crippen LogP contribution in [0.3, 0.4) is 0 Å². The van der Waals surface area contributed by atoms with Crippen LogP contribution in [-0.2, 0) is 14.9 Å². The van der Waals surface area contributed by atoms with Gasteiger partial charge in [-0.3, -0.25) is 4.79 Å². The van der Waals surface area contributed by atoms with Gasteiger partial charge < -0.3 is 4.74 Å². The highest BCUT2D eigenvalue weighted by atomic mass is 35.5. The third-order valence-corrected chi connectivity index (χ3v) is 3.41. The van der Waals surface area contributed by atoms with Crippen LogP contribution in [0.25, 0.3) is 0 Å². The summed E-state index contributed by atoms with van der Waals surface area (Å²) in [5.74, 6) is -0.347. The molecule has 19 heavy (non-hydrogen) atoms. The van der Waals surface area contributed by atoms with Crippen molar-refractivity contribution in [3.05, 3.63) is 71.8 Å². The lowest BCUT2D eigenvalue weighted by atomic mass is 9.76. The molecule has 0 atom stereocenters. The molecule has 0 aromatic heterocycles. The van der Waals surface area contributed by atoms with Gasteiger partial charge in [0, 0.05) is 0 Å². The quantitative estimate of drug-likeness (QED) is 0.627. The third kappa shape index (κ3) is 2.64. The highest BCUT2D eigenvalue weighted by Gasteiger charge is 2.38. The van der Waals surface area contributed by atoms with Crippen LogP contribution in [0, 0.1) is 0 Å². The van der Waals surface area contributed by atoms with Gasteiger partial charge in [0.2, 0.25) is 0 Å². The van der Waals surface area contributed by atoms with Crippen LogP contribution in [0.1, 0.15) is 18.1 Å². The van der Waals surface area contributed by atoms with Gasteiger partial charge in [-0.1, -0.05) is 72.3 Å². The number of benzene rings is 2. The zero-order valence-corrected chi connectivity index (χ0v) is 11.4. The molecule has 0 heterocycles. The number of hydrogen-bond acceptors (Lipinski definition) is 2. The summed E-state index contributed by atoms with van der Waals surface area (Å²) in [6.45, 7) is 1.85. The van der Waals surface area contributed by atoms with Crippen LogP contribution in [0.15, 0.2) is 60.7 Å². The van der Waals surface area contributed by atoms with Gasteiger partial charge in [-0.2, -0.15) is 0 Å². The van der Waals surface area contributed by atoms with E-state index in [1.807, 2.05) is 67.6 Å². The second kappa shape index (κ2) is 5.89. The van der Waals surface area contributed by atoms with Crippen molar-refractivity contribution in [3.63, 3.8) is 0 Å². The fourth-order valence-corrected chi connectivity index (χ4v) is 2.24. The highest BCUT2D eigenvalue weighted by molar-refractivity contribution is 6.17. The smallest absolute Gasteiger partial charge is 0.321 e. The highest BCUT2D eigenvalue weighted by Crippen LogP contribution is 2.33. The van der Waals surface area contributed by atoms with Gasteiger partial charge >= 0.3 is 5.97 Å². The normalized spacial score (nSPS) is 11.1. The second-order valence-corrected chi connectivity index (χ2v) is 4.62. The Hall–Kier alpha value is -1.80. The first-order valence-electron chi connectivity index (χ1n) is 6.04. The van der Waals surface area contributed by atoms with E-state index in [-0.39, 0.29) is 12.0 Å². The molecular weight excluding hydrogens is 260 g/mol. The zero-order valence-electron chi connectivity index (χ0n) is 10.7. The van der Waals surface area contributed by atoms with E-state index in [1.54, 1.807) is 0 Å². The monoisotopic (exact) mass is 274 g/mol. The number of halogens is 1. The number of ether oxygens (including phenoxy) is 1. The molecule has 0 bridgehead atoms. The minimum absolute atomic E-state index is 0.145. The minimum Gasteiger partial charge on any atom is -0.448 e. The average Bonchev–Trinajstić information content (AvgIpc) is 2.48. The van der Waals surface area contributed by atoms with Gasteiger partial charge in [0.15, 0.2) is 6.07 Å². The van der Waals surface area contributed by atoms with Crippen molar-refractivity contribution < 1.29 is 9.53 Å². The number of carbonyl (C=O) groups is 1. The maximum absolute atomic E-state index is 12.4. The molecule has 0 aliphatic rings. The SMILES string of the molecule is CC(C(=O)OCCl)(c1ccccc1)c1ccccc1.